The van der Waals surface area contributed by atoms with Crippen LogP contribution in [0.25, 0.3) is 0 Å². The highest BCUT2D eigenvalue weighted by Crippen LogP contribution is 2.43. The van der Waals surface area contributed by atoms with Crippen LogP contribution in [0.4, 0.5) is 0 Å². The minimum Gasteiger partial charge on any atom is -0.457 e. The Morgan fingerprint density at radius 3 is 1.58 bits per heavy atom. The molecular formula is C38H75O9P. The van der Waals surface area contributed by atoms with Crippen molar-refractivity contribution in [2.75, 3.05) is 33.0 Å². The largest absolute Gasteiger partial charge is 0.472 e. The number of carbonyl (C=O) groups is 1. The van der Waals surface area contributed by atoms with Gasteiger partial charge < -0.3 is 24.6 Å². The Labute approximate surface area is 294 Å². The number of aliphatic hydroxyl groups excluding tert-OH is 2. The summed E-state index contributed by atoms with van der Waals surface area (Å²) in [5, 5.41) is 18.3. The molecule has 0 aliphatic rings. The van der Waals surface area contributed by atoms with Gasteiger partial charge in [0.15, 0.2) is 0 Å². The van der Waals surface area contributed by atoms with Crippen molar-refractivity contribution in [2.24, 2.45) is 0 Å². The summed E-state index contributed by atoms with van der Waals surface area (Å²) in [6, 6.07) is 0. The van der Waals surface area contributed by atoms with E-state index < -0.39 is 33.2 Å². The first-order chi connectivity index (χ1) is 23.3. The quantitative estimate of drug-likeness (QED) is 0.0248. The molecule has 0 aromatic heterocycles. The normalized spacial score (nSPS) is 14.4. The molecule has 48 heavy (non-hydrogen) atoms. The molecule has 0 saturated carbocycles. The van der Waals surface area contributed by atoms with Crippen LogP contribution in [0.2, 0.25) is 0 Å². The SMILES string of the molecule is CCCCCC/C=C\CCCCCCCC(=O)OC(COCCCCCCCCCCCCCCCC)COP(=O)(O)OCC(O)CO. The van der Waals surface area contributed by atoms with E-state index in [1.54, 1.807) is 0 Å². The highest BCUT2D eigenvalue weighted by atomic mass is 31.2. The lowest BCUT2D eigenvalue weighted by Gasteiger charge is -2.20. The predicted octanol–water partition coefficient (Wildman–Crippen LogP) is 10.1. The monoisotopic (exact) mass is 707 g/mol. The van der Waals surface area contributed by atoms with Gasteiger partial charge in [-0.15, -0.1) is 0 Å². The molecule has 0 aliphatic heterocycles. The molecule has 3 unspecified atom stereocenters. The smallest absolute Gasteiger partial charge is 0.457 e. The number of allylic oxidation sites excluding steroid dienone is 2. The number of ether oxygens (including phenoxy) is 2. The number of rotatable bonds is 38. The number of aliphatic hydroxyl groups is 2. The van der Waals surface area contributed by atoms with E-state index in [0.717, 1.165) is 51.4 Å². The summed E-state index contributed by atoms with van der Waals surface area (Å²) in [7, 11) is -4.51. The van der Waals surface area contributed by atoms with E-state index in [9.17, 15) is 19.4 Å². The van der Waals surface area contributed by atoms with Gasteiger partial charge in [0.1, 0.15) is 12.2 Å². The molecule has 0 aromatic carbocycles. The van der Waals surface area contributed by atoms with Gasteiger partial charge in [-0.1, -0.05) is 148 Å². The van der Waals surface area contributed by atoms with Crippen LogP contribution in [0.1, 0.15) is 181 Å². The Balaban J connectivity index is 4.21. The van der Waals surface area contributed by atoms with Crippen LogP contribution in [0, 0.1) is 0 Å². The van der Waals surface area contributed by atoms with E-state index in [2.05, 4.69) is 26.0 Å². The Morgan fingerprint density at radius 1 is 0.625 bits per heavy atom. The summed E-state index contributed by atoms with van der Waals surface area (Å²) in [4.78, 5) is 22.5. The molecule has 10 heteroatoms. The molecule has 3 atom stereocenters. The number of phosphoric ester groups is 1. The third kappa shape index (κ3) is 35.0. The topological polar surface area (TPSA) is 132 Å². The van der Waals surface area contributed by atoms with Crippen LogP contribution in [0.3, 0.4) is 0 Å². The van der Waals surface area contributed by atoms with E-state index in [1.165, 1.54) is 109 Å². The predicted molar refractivity (Wildman–Crippen MR) is 196 cm³/mol. The van der Waals surface area contributed by atoms with Gasteiger partial charge in [-0.25, -0.2) is 4.57 Å². The standard InChI is InChI=1S/C38H75O9P/c1-3-5-7-9-11-13-15-17-19-21-23-25-27-29-31-44-34-37(35-46-48(42,43)45-33-36(40)32-39)47-38(41)30-28-26-24-22-20-18-16-14-12-10-8-6-4-2/h14,16,36-37,39-40H,3-13,15,17-35H2,1-2H3,(H,42,43)/b16-14-. The fraction of sp³-hybridized carbons (Fsp3) is 0.921. The zero-order valence-electron chi connectivity index (χ0n) is 31.0. The first-order valence-electron chi connectivity index (χ1n) is 19.7. The van der Waals surface area contributed by atoms with E-state index in [0.29, 0.717) is 6.61 Å². The maximum Gasteiger partial charge on any atom is 0.472 e. The van der Waals surface area contributed by atoms with E-state index in [-0.39, 0.29) is 25.6 Å². The number of hydrogen-bond donors (Lipinski definition) is 3. The molecule has 286 valence electrons. The van der Waals surface area contributed by atoms with Gasteiger partial charge in [0, 0.05) is 13.0 Å². The van der Waals surface area contributed by atoms with Crippen molar-refractivity contribution in [3.05, 3.63) is 12.2 Å². The molecule has 0 spiro atoms. The second kappa shape index (κ2) is 36.0. The lowest BCUT2D eigenvalue weighted by atomic mass is 10.0. The first-order valence-corrected chi connectivity index (χ1v) is 21.2. The molecule has 0 saturated heterocycles. The van der Waals surface area contributed by atoms with Crippen molar-refractivity contribution < 1.29 is 43.0 Å². The molecule has 3 N–H and O–H groups in total. The van der Waals surface area contributed by atoms with Crippen LogP contribution >= 0.6 is 7.82 Å². The molecule has 0 bridgehead atoms. The third-order valence-electron chi connectivity index (χ3n) is 8.45. The Morgan fingerprint density at radius 2 is 1.06 bits per heavy atom. The summed E-state index contributed by atoms with van der Waals surface area (Å²) in [5.41, 5.74) is 0. The summed E-state index contributed by atoms with van der Waals surface area (Å²) in [6.07, 6.45) is 33.0. The van der Waals surface area contributed by atoms with Gasteiger partial charge in [0.25, 0.3) is 0 Å². The fourth-order valence-electron chi connectivity index (χ4n) is 5.41. The zero-order valence-corrected chi connectivity index (χ0v) is 31.9. The van der Waals surface area contributed by atoms with Crippen molar-refractivity contribution in [1.82, 2.24) is 0 Å². The molecular weight excluding hydrogens is 631 g/mol. The molecule has 0 fully saturated rings. The molecule has 9 nitrogen and oxygen atoms in total. The van der Waals surface area contributed by atoms with E-state index in [1.807, 2.05) is 0 Å². The van der Waals surface area contributed by atoms with Gasteiger partial charge in [0.2, 0.25) is 0 Å². The van der Waals surface area contributed by atoms with Gasteiger partial charge in [-0.2, -0.15) is 0 Å². The Hall–Kier alpha value is -0.800. The number of phosphoric acid groups is 1. The van der Waals surface area contributed by atoms with Gasteiger partial charge in [-0.3, -0.25) is 13.8 Å². The van der Waals surface area contributed by atoms with E-state index >= 15 is 0 Å². The third-order valence-corrected chi connectivity index (χ3v) is 9.40. The van der Waals surface area contributed by atoms with Crippen LogP contribution in [-0.4, -0.2) is 66.3 Å². The van der Waals surface area contributed by atoms with E-state index in [4.69, 9.17) is 23.6 Å². The van der Waals surface area contributed by atoms with Crippen LogP contribution in [0.5, 0.6) is 0 Å². The first kappa shape index (κ1) is 47.2. The second-order valence-corrected chi connectivity index (χ2v) is 14.8. The number of esters is 1. The summed E-state index contributed by atoms with van der Waals surface area (Å²) in [6.45, 7) is 3.51. The summed E-state index contributed by atoms with van der Waals surface area (Å²) >= 11 is 0. The van der Waals surface area contributed by atoms with Crippen LogP contribution in [0.15, 0.2) is 12.2 Å². The molecule has 0 amide bonds. The number of carbonyl (C=O) groups excluding carboxylic acids is 1. The van der Waals surface area contributed by atoms with Crippen molar-refractivity contribution in [2.45, 2.75) is 193 Å². The van der Waals surface area contributed by atoms with Crippen molar-refractivity contribution in [1.29, 1.82) is 0 Å². The number of hydrogen-bond acceptors (Lipinski definition) is 8. The average Bonchev–Trinajstić information content (AvgIpc) is 3.07. The molecule has 0 heterocycles. The highest BCUT2D eigenvalue weighted by Gasteiger charge is 2.26. The zero-order chi connectivity index (χ0) is 35.4. The molecule has 0 aromatic rings. The van der Waals surface area contributed by atoms with Crippen molar-refractivity contribution in [3.63, 3.8) is 0 Å². The Kier molecular flexibility index (Phi) is 35.4. The number of unbranched alkanes of at least 4 members (excludes halogenated alkanes) is 22. The second-order valence-electron chi connectivity index (χ2n) is 13.3. The molecule has 0 rings (SSSR count). The maximum atomic E-state index is 12.5. The maximum absolute atomic E-state index is 12.5. The minimum atomic E-state index is -4.51. The minimum absolute atomic E-state index is 0.0512. The Bertz CT molecular complexity index is 764. The lowest BCUT2D eigenvalue weighted by Crippen LogP contribution is -2.29. The fourth-order valence-corrected chi connectivity index (χ4v) is 6.20. The molecule has 0 radical (unpaired) electrons. The van der Waals surface area contributed by atoms with Crippen LogP contribution in [-0.2, 0) is 27.9 Å². The summed E-state index contributed by atoms with van der Waals surface area (Å²) < 4.78 is 33.2. The van der Waals surface area contributed by atoms with Gasteiger partial charge in [-0.05, 0) is 38.5 Å². The highest BCUT2D eigenvalue weighted by molar-refractivity contribution is 7.47. The van der Waals surface area contributed by atoms with Gasteiger partial charge in [0.05, 0.1) is 26.4 Å². The summed E-state index contributed by atoms with van der Waals surface area (Å²) in [5.74, 6) is -0.390. The van der Waals surface area contributed by atoms with Crippen molar-refractivity contribution >= 4 is 13.8 Å². The van der Waals surface area contributed by atoms with Gasteiger partial charge >= 0.3 is 13.8 Å². The van der Waals surface area contributed by atoms with Crippen LogP contribution < -0.4 is 0 Å². The lowest BCUT2D eigenvalue weighted by molar-refractivity contribution is -0.154. The average molecular weight is 707 g/mol. The van der Waals surface area contributed by atoms with Crippen molar-refractivity contribution in [3.8, 4) is 0 Å². The molecule has 0 aliphatic carbocycles.